The Hall–Kier alpha value is -1.41. The van der Waals surface area contributed by atoms with Crippen LogP contribution in [-0.2, 0) is 6.42 Å². The summed E-state index contributed by atoms with van der Waals surface area (Å²) < 4.78 is 25.5. The number of aryl methyl sites for hydroxylation is 1. The summed E-state index contributed by atoms with van der Waals surface area (Å²) >= 11 is 6.27. The molecule has 19 heavy (non-hydrogen) atoms. The first kappa shape index (κ1) is 14.0. The van der Waals surface area contributed by atoms with Crippen LogP contribution in [0.15, 0.2) is 48.5 Å². The minimum Gasteiger partial charge on any atom is -0.207 e. The van der Waals surface area contributed by atoms with Gasteiger partial charge in [0.1, 0.15) is 11.6 Å². The second-order valence-corrected chi connectivity index (χ2v) is 5.06. The van der Waals surface area contributed by atoms with Crippen molar-refractivity contribution in [3.05, 3.63) is 71.3 Å². The number of halogens is 3. The lowest BCUT2D eigenvalue weighted by atomic mass is 10.0. The summed E-state index contributed by atoms with van der Waals surface area (Å²) in [5, 5.41) is -0.110. The third kappa shape index (κ3) is 4.32. The van der Waals surface area contributed by atoms with E-state index in [1.165, 1.54) is 24.3 Å². The van der Waals surface area contributed by atoms with Gasteiger partial charge in [0.05, 0.1) is 5.38 Å². The van der Waals surface area contributed by atoms with Gasteiger partial charge < -0.3 is 0 Å². The van der Waals surface area contributed by atoms with Gasteiger partial charge in [0, 0.05) is 0 Å². The predicted octanol–water partition coefficient (Wildman–Crippen LogP) is 5.27. The summed E-state index contributed by atoms with van der Waals surface area (Å²) in [5.74, 6) is -0.468. The van der Waals surface area contributed by atoms with Crippen molar-refractivity contribution >= 4 is 11.6 Å². The topological polar surface area (TPSA) is 0 Å². The average molecular weight is 281 g/mol. The van der Waals surface area contributed by atoms with Crippen LogP contribution in [0.2, 0.25) is 0 Å². The van der Waals surface area contributed by atoms with Crippen molar-refractivity contribution in [3.63, 3.8) is 0 Å². The average Bonchev–Trinajstić information content (AvgIpc) is 2.41. The summed E-state index contributed by atoms with van der Waals surface area (Å²) in [6.45, 7) is 0. The minimum atomic E-state index is -0.251. The zero-order valence-corrected chi connectivity index (χ0v) is 11.2. The molecule has 0 heterocycles. The van der Waals surface area contributed by atoms with Gasteiger partial charge in [-0.15, -0.1) is 11.6 Å². The van der Waals surface area contributed by atoms with E-state index in [2.05, 4.69) is 0 Å². The van der Waals surface area contributed by atoms with Crippen LogP contribution < -0.4 is 0 Å². The van der Waals surface area contributed by atoms with Gasteiger partial charge in [-0.05, 0) is 54.7 Å². The smallest absolute Gasteiger partial charge is 0.123 e. The lowest BCUT2D eigenvalue weighted by Crippen LogP contribution is -1.93. The summed E-state index contributed by atoms with van der Waals surface area (Å²) in [6, 6.07) is 12.8. The van der Waals surface area contributed by atoms with Gasteiger partial charge in [-0.2, -0.15) is 0 Å². The number of hydrogen-bond acceptors (Lipinski definition) is 0. The Labute approximate surface area is 117 Å². The molecule has 0 nitrogen and oxygen atoms in total. The third-order valence-electron chi connectivity index (χ3n) is 3.07. The Morgan fingerprint density at radius 3 is 1.95 bits per heavy atom. The molecule has 0 fully saturated rings. The molecule has 2 rings (SSSR count). The van der Waals surface area contributed by atoms with E-state index in [4.69, 9.17) is 11.6 Å². The quantitative estimate of drug-likeness (QED) is 0.655. The molecule has 0 bridgehead atoms. The zero-order valence-electron chi connectivity index (χ0n) is 10.5. The molecule has 2 aromatic rings. The Bertz CT molecular complexity index is 505. The number of hydrogen-bond donors (Lipinski definition) is 0. The van der Waals surface area contributed by atoms with Gasteiger partial charge >= 0.3 is 0 Å². The second kappa shape index (κ2) is 6.67. The van der Waals surface area contributed by atoms with E-state index in [0.29, 0.717) is 0 Å². The van der Waals surface area contributed by atoms with Gasteiger partial charge in [0.2, 0.25) is 0 Å². The molecule has 100 valence electrons. The summed E-state index contributed by atoms with van der Waals surface area (Å²) in [5.41, 5.74) is 2.03. The van der Waals surface area contributed by atoms with E-state index >= 15 is 0 Å². The van der Waals surface area contributed by atoms with Gasteiger partial charge in [-0.1, -0.05) is 24.3 Å². The molecule has 1 unspecified atom stereocenters. The Morgan fingerprint density at radius 2 is 1.37 bits per heavy atom. The fourth-order valence-electron chi connectivity index (χ4n) is 1.97. The van der Waals surface area contributed by atoms with E-state index in [1.807, 2.05) is 0 Å². The van der Waals surface area contributed by atoms with Gasteiger partial charge in [0.25, 0.3) is 0 Å². The van der Waals surface area contributed by atoms with Crippen LogP contribution >= 0.6 is 11.6 Å². The summed E-state index contributed by atoms with van der Waals surface area (Å²) in [6.07, 6.45) is 2.59. The zero-order chi connectivity index (χ0) is 13.7. The highest BCUT2D eigenvalue weighted by Crippen LogP contribution is 2.26. The number of benzene rings is 2. The van der Waals surface area contributed by atoms with Crippen molar-refractivity contribution < 1.29 is 8.78 Å². The molecule has 0 aliphatic carbocycles. The predicted molar refractivity (Wildman–Crippen MR) is 74.3 cm³/mol. The van der Waals surface area contributed by atoms with Crippen molar-refractivity contribution in [3.8, 4) is 0 Å². The molecule has 0 aliphatic heterocycles. The van der Waals surface area contributed by atoms with Crippen LogP contribution in [0.3, 0.4) is 0 Å². The molecule has 0 saturated heterocycles. The first-order valence-electron chi connectivity index (χ1n) is 6.29. The molecule has 2 aromatic carbocycles. The lowest BCUT2D eigenvalue weighted by molar-refractivity contribution is 0.624. The van der Waals surface area contributed by atoms with Crippen LogP contribution in [0, 0.1) is 11.6 Å². The maximum atomic E-state index is 12.8. The van der Waals surface area contributed by atoms with E-state index in [0.717, 1.165) is 30.4 Å². The molecular weight excluding hydrogens is 266 g/mol. The van der Waals surface area contributed by atoms with Gasteiger partial charge in [-0.3, -0.25) is 0 Å². The Morgan fingerprint density at radius 1 is 0.842 bits per heavy atom. The summed E-state index contributed by atoms with van der Waals surface area (Å²) in [7, 11) is 0. The van der Waals surface area contributed by atoms with Crippen LogP contribution in [0.5, 0.6) is 0 Å². The molecular formula is C16H15ClF2. The van der Waals surface area contributed by atoms with E-state index in [1.54, 1.807) is 24.3 Å². The van der Waals surface area contributed by atoms with Crippen LogP contribution in [0.1, 0.15) is 29.3 Å². The van der Waals surface area contributed by atoms with Gasteiger partial charge in [0.15, 0.2) is 0 Å². The highest BCUT2D eigenvalue weighted by Gasteiger charge is 2.07. The third-order valence-corrected chi connectivity index (χ3v) is 3.54. The monoisotopic (exact) mass is 280 g/mol. The highest BCUT2D eigenvalue weighted by molar-refractivity contribution is 6.20. The maximum absolute atomic E-state index is 12.8. The van der Waals surface area contributed by atoms with Crippen molar-refractivity contribution in [1.82, 2.24) is 0 Å². The molecule has 0 aromatic heterocycles. The molecule has 0 N–H and O–H groups in total. The second-order valence-electron chi connectivity index (χ2n) is 4.54. The number of alkyl halides is 1. The van der Waals surface area contributed by atoms with Crippen molar-refractivity contribution in [2.45, 2.75) is 24.6 Å². The van der Waals surface area contributed by atoms with Gasteiger partial charge in [-0.25, -0.2) is 8.78 Å². The standard InChI is InChI=1S/C16H15ClF2/c17-16(13-6-10-15(19)11-7-13)3-1-2-12-4-8-14(18)9-5-12/h4-11,16H,1-3H2. The van der Waals surface area contributed by atoms with E-state index in [-0.39, 0.29) is 17.0 Å². The first-order valence-corrected chi connectivity index (χ1v) is 6.73. The Balaban J connectivity index is 1.82. The molecule has 0 saturated carbocycles. The van der Waals surface area contributed by atoms with E-state index in [9.17, 15) is 8.78 Å². The van der Waals surface area contributed by atoms with Crippen LogP contribution in [0.25, 0.3) is 0 Å². The normalized spacial score (nSPS) is 12.4. The van der Waals surface area contributed by atoms with E-state index < -0.39 is 0 Å². The van der Waals surface area contributed by atoms with Crippen molar-refractivity contribution in [2.24, 2.45) is 0 Å². The lowest BCUT2D eigenvalue weighted by Gasteiger charge is -2.09. The maximum Gasteiger partial charge on any atom is 0.123 e. The minimum absolute atomic E-state index is 0.110. The fourth-order valence-corrected chi connectivity index (χ4v) is 2.27. The fraction of sp³-hybridized carbons (Fsp3) is 0.250. The SMILES string of the molecule is Fc1ccc(CCCC(Cl)c2ccc(F)cc2)cc1. The molecule has 0 radical (unpaired) electrons. The van der Waals surface area contributed by atoms with Crippen molar-refractivity contribution in [2.75, 3.05) is 0 Å². The van der Waals surface area contributed by atoms with Crippen molar-refractivity contribution in [1.29, 1.82) is 0 Å². The molecule has 3 heteroatoms. The Kier molecular flexibility index (Phi) is 4.92. The number of rotatable bonds is 5. The molecule has 0 spiro atoms. The first-order chi connectivity index (χ1) is 9.15. The largest absolute Gasteiger partial charge is 0.207 e. The highest BCUT2D eigenvalue weighted by atomic mass is 35.5. The molecule has 1 atom stereocenters. The molecule has 0 aliphatic rings. The summed E-state index contributed by atoms with van der Waals surface area (Å²) in [4.78, 5) is 0. The molecule has 0 amide bonds. The van der Waals surface area contributed by atoms with Crippen LogP contribution in [0.4, 0.5) is 8.78 Å². The van der Waals surface area contributed by atoms with Crippen LogP contribution in [-0.4, -0.2) is 0 Å².